The molecule has 0 radical (unpaired) electrons. The molecule has 0 unspecified atom stereocenters. The van der Waals surface area contributed by atoms with E-state index >= 15 is 0 Å². The summed E-state index contributed by atoms with van der Waals surface area (Å²) in [5.41, 5.74) is 0.684. The zero-order chi connectivity index (χ0) is 21.4. The summed E-state index contributed by atoms with van der Waals surface area (Å²) in [5.74, 6) is 0.785. The summed E-state index contributed by atoms with van der Waals surface area (Å²) in [5, 5.41) is 10.9. The molecule has 30 heavy (non-hydrogen) atoms. The number of rotatable bonds is 5. The molecule has 0 bridgehead atoms. The zero-order valence-corrected chi connectivity index (χ0v) is 17.0. The predicted octanol–water partition coefficient (Wildman–Crippen LogP) is 4.22. The maximum Gasteiger partial charge on any atom is 0.293 e. The standard InChI is InChI=1S/C19H13ClN2O7S/c1-27-14-3-2-12(22(25)26)4-10(14)6-17-18(23)21(19(24)30-17)8-11-5-15-16(7-13(11)20)29-9-28-15/h2-7H,8-9H2,1H3/b17-6-. The molecule has 0 aromatic heterocycles. The fourth-order valence-electron chi connectivity index (χ4n) is 2.98. The van der Waals surface area contributed by atoms with E-state index in [2.05, 4.69) is 0 Å². The average Bonchev–Trinajstić information content (AvgIpc) is 3.27. The summed E-state index contributed by atoms with van der Waals surface area (Å²) in [4.78, 5) is 37.0. The second-order valence-electron chi connectivity index (χ2n) is 6.25. The number of thioether (sulfide) groups is 1. The first-order valence-corrected chi connectivity index (χ1v) is 9.72. The van der Waals surface area contributed by atoms with Crippen molar-refractivity contribution in [2.45, 2.75) is 6.54 Å². The van der Waals surface area contributed by atoms with Gasteiger partial charge in [-0.25, -0.2) is 0 Å². The molecule has 2 aromatic carbocycles. The van der Waals surface area contributed by atoms with Crippen LogP contribution in [0.3, 0.4) is 0 Å². The third-order valence-corrected chi connectivity index (χ3v) is 5.71. The van der Waals surface area contributed by atoms with Gasteiger partial charge in [-0.1, -0.05) is 11.6 Å². The number of benzene rings is 2. The van der Waals surface area contributed by atoms with E-state index in [9.17, 15) is 19.7 Å². The van der Waals surface area contributed by atoms with Gasteiger partial charge in [-0.15, -0.1) is 0 Å². The fourth-order valence-corrected chi connectivity index (χ4v) is 4.02. The van der Waals surface area contributed by atoms with Gasteiger partial charge >= 0.3 is 0 Å². The van der Waals surface area contributed by atoms with Crippen molar-refractivity contribution in [1.29, 1.82) is 0 Å². The Morgan fingerprint density at radius 2 is 2.00 bits per heavy atom. The number of fused-ring (bicyclic) bond motifs is 1. The van der Waals surface area contributed by atoms with Gasteiger partial charge in [0.05, 0.1) is 23.5 Å². The second kappa shape index (κ2) is 7.88. The molecule has 2 aliphatic rings. The summed E-state index contributed by atoms with van der Waals surface area (Å²) in [6.45, 7) is 0.0219. The summed E-state index contributed by atoms with van der Waals surface area (Å²) >= 11 is 6.98. The lowest BCUT2D eigenvalue weighted by molar-refractivity contribution is -0.384. The largest absolute Gasteiger partial charge is 0.496 e. The normalized spacial score (nSPS) is 16.5. The van der Waals surface area contributed by atoms with Crippen LogP contribution < -0.4 is 14.2 Å². The molecule has 154 valence electrons. The van der Waals surface area contributed by atoms with Crippen LogP contribution in [0, 0.1) is 10.1 Å². The number of halogens is 1. The zero-order valence-electron chi connectivity index (χ0n) is 15.4. The van der Waals surface area contributed by atoms with Gasteiger partial charge in [-0.05, 0) is 35.5 Å². The summed E-state index contributed by atoms with van der Waals surface area (Å²) in [6, 6.07) is 7.20. The molecular formula is C19H13ClN2O7S. The first-order chi connectivity index (χ1) is 14.4. The van der Waals surface area contributed by atoms with E-state index in [1.54, 1.807) is 12.1 Å². The van der Waals surface area contributed by atoms with E-state index in [-0.39, 0.29) is 23.9 Å². The van der Waals surface area contributed by atoms with Gasteiger partial charge in [0.25, 0.3) is 16.8 Å². The third kappa shape index (κ3) is 3.66. The molecule has 1 saturated heterocycles. The van der Waals surface area contributed by atoms with Crippen LogP contribution in [0.2, 0.25) is 5.02 Å². The SMILES string of the molecule is COc1ccc([N+](=O)[O-])cc1/C=C1\SC(=O)N(Cc2cc3c(cc2Cl)OCO3)C1=O. The maximum absolute atomic E-state index is 12.8. The number of imide groups is 1. The molecule has 2 aromatic rings. The number of nitro benzene ring substituents is 1. The summed E-state index contributed by atoms with van der Waals surface area (Å²) in [6.07, 6.45) is 1.40. The molecule has 1 fully saturated rings. The topological polar surface area (TPSA) is 108 Å². The molecule has 0 N–H and O–H groups in total. The van der Waals surface area contributed by atoms with Gasteiger partial charge in [0, 0.05) is 28.8 Å². The number of ether oxygens (including phenoxy) is 3. The Balaban J connectivity index is 1.62. The van der Waals surface area contributed by atoms with Crippen molar-refractivity contribution in [2.24, 2.45) is 0 Å². The number of hydrogen-bond donors (Lipinski definition) is 0. The van der Waals surface area contributed by atoms with Crippen LogP contribution in [0.5, 0.6) is 17.2 Å². The van der Waals surface area contributed by atoms with E-state index < -0.39 is 16.1 Å². The van der Waals surface area contributed by atoms with Crippen LogP contribution in [-0.4, -0.2) is 34.9 Å². The Morgan fingerprint density at radius 1 is 1.27 bits per heavy atom. The Hall–Kier alpha value is -3.24. The number of non-ortho nitro benzene ring substituents is 1. The van der Waals surface area contributed by atoms with Crippen molar-refractivity contribution in [1.82, 2.24) is 4.90 Å². The van der Waals surface area contributed by atoms with E-state index in [1.807, 2.05) is 0 Å². The van der Waals surface area contributed by atoms with Crippen LogP contribution in [0.4, 0.5) is 10.5 Å². The van der Waals surface area contributed by atoms with E-state index in [1.165, 1.54) is 31.4 Å². The van der Waals surface area contributed by atoms with Gasteiger partial charge in [0.1, 0.15) is 5.75 Å². The van der Waals surface area contributed by atoms with Crippen LogP contribution >= 0.6 is 23.4 Å². The van der Waals surface area contributed by atoms with Crippen molar-refractivity contribution in [3.05, 3.63) is 61.5 Å². The number of methoxy groups -OCH3 is 1. The molecule has 2 heterocycles. The lowest BCUT2D eigenvalue weighted by atomic mass is 10.1. The van der Waals surface area contributed by atoms with Gasteiger partial charge in [-0.3, -0.25) is 24.6 Å². The van der Waals surface area contributed by atoms with Crippen LogP contribution in [-0.2, 0) is 11.3 Å². The number of amides is 2. The number of hydrogen-bond acceptors (Lipinski definition) is 8. The Labute approximate surface area is 179 Å². The number of nitrogens with zero attached hydrogens (tertiary/aromatic N) is 2. The van der Waals surface area contributed by atoms with Crippen LogP contribution in [0.15, 0.2) is 35.2 Å². The van der Waals surface area contributed by atoms with Gasteiger partial charge in [-0.2, -0.15) is 0 Å². The first-order valence-electron chi connectivity index (χ1n) is 8.53. The summed E-state index contributed by atoms with van der Waals surface area (Å²) in [7, 11) is 1.41. The van der Waals surface area contributed by atoms with E-state index in [0.29, 0.717) is 33.4 Å². The van der Waals surface area contributed by atoms with E-state index in [0.717, 1.165) is 16.7 Å². The van der Waals surface area contributed by atoms with Gasteiger partial charge in [0.2, 0.25) is 6.79 Å². The highest BCUT2D eigenvalue weighted by Gasteiger charge is 2.36. The lowest BCUT2D eigenvalue weighted by Gasteiger charge is -2.14. The molecule has 2 aliphatic heterocycles. The molecule has 4 rings (SSSR count). The maximum atomic E-state index is 12.8. The van der Waals surface area contributed by atoms with Crippen LogP contribution in [0.25, 0.3) is 6.08 Å². The minimum Gasteiger partial charge on any atom is -0.496 e. The highest BCUT2D eigenvalue weighted by atomic mass is 35.5. The van der Waals surface area contributed by atoms with Crippen molar-refractivity contribution >= 4 is 46.3 Å². The van der Waals surface area contributed by atoms with Crippen molar-refractivity contribution in [3.8, 4) is 17.2 Å². The first kappa shape index (κ1) is 20.0. The Bertz CT molecular complexity index is 1120. The molecule has 0 aliphatic carbocycles. The number of carbonyl (C=O) groups is 2. The van der Waals surface area contributed by atoms with E-state index in [4.69, 9.17) is 25.8 Å². The Kier molecular flexibility index (Phi) is 5.27. The molecule has 0 atom stereocenters. The minimum absolute atomic E-state index is 0.0520. The van der Waals surface area contributed by atoms with Gasteiger partial charge in [0.15, 0.2) is 11.5 Å². The highest BCUT2D eigenvalue weighted by Crippen LogP contribution is 2.40. The monoisotopic (exact) mass is 448 g/mol. The third-order valence-electron chi connectivity index (χ3n) is 4.45. The molecule has 0 saturated carbocycles. The molecule has 9 nitrogen and oxygen atoms in total. The smallest absolute Gasteiger partial charge is 0.293 e. The highest BCUT2D eigenvalue weighted by molar-refractivity contribution is 8.18. The average molecular weight is 449 g/mol. The molecule has 11 heteroatoms. The summed E-state index contributed by atoms with van der Waals surface area (Å²) < 4.78 is 15.8. The predicted molar refractivity (Wildman–Crippen MR) is 109 cm³/mol. The van der Waals surface area contributed by atoms with Crippen molar-refractivity contribution in [2.75, 3.05) is 13.9 Å². The van der Waals surface area contributed by atoms with Gasteiger partial charge < -0.3 is 14.2 Å². The molecule has 2 amide bonds. The fraction of sp³-hybridized carbons (Fsp3) is 0.158. The quantitative estimate of drug-likeness (QED) is 0.380. The number of carbonyl (C=O) groups excluding carboxylic acids is 2. The molecule has 0 spiro atoms. The minimum atomic E-state index is -0.551. The number of nitro groups is 1. The van der Waals surface area contributed by atoms with Crippen molar-refractivity contribution < 1.29 is 28.7 Å². The molecular weight excluding hydrogens is 436 g/mol. The van der Waals surface area contributed by atoms with Crippen LogP contribution in [0.1, 0.15) is 11.1 Å². The Morgan fingerprint density at radius 3 is 2.70 bits per heavy atom. The van der Waals surface area contributed by atoms with Crippen molar-refractivity contribution in [3.63, 3.8) is 0 Å². The lowest BCUT2D eigenvalue weighted by Crippen LogP contribution is -2.27. The second-order valence-corrected chi connectivity index (χ2v) is 7.65.